The summed E-state index contributed by atoms with van der Waals surface area (Å²) in [6.07, 6.45) is 8.82. The molecule has 120 valence electrons. The number of anilines is 1. The number of aryl methyl sites for hydroxylation is 1. The van der Waals surface area contributed by atoms with Crippen LogP contribution in [0.2, 0.25) is 0 Å². The highest BCUT2D eigenvalue weighted by molar-refractivity contribution is 7.15. The van der Waals surface area contributed by atoms with E-state index in [1.165, 1.54) is 60.6 Å². The lowest BCUT2D eigenvalue weighted by atomic mass is 9.98. The highest BCUT2D eigenvalue weighted by atomic mass is 32.1. The number of hydrogen-bond donors (Lipinski definition) is 1. The van der Waals surface area contributed by atoms with Crippen molar-refractivity contribution in [3.63, 3.8) is 0 Å². The molecule has 0 aliphatic heterocycles. The Hall–Kier alpha value is -0.610. The number of rotatable bonds is 9. The Balaban J connectivity index is 2.13. The van der Waals surface area contributed by atoms with Crippen LogP contribution < -0.4 is 10.2 Å². The summed E-state index contributed by atoms with van der Waals surface area (Å²) in [5.74, 6) is 0. The van der Waals surface area contributed by atoms with Gasteiger partial charge >= 0.3 is 0 Å². The average molecular weight is 310 g/mol. The molecule has 3 nitrogen and oxygen atoms in total. The lowest BCUT2D eigenvalue weighted by Gasteiger charge is -2.22. The first-order chi connectivity index (χ1) is 10.3. The van der Waals surface area contributed by atoms with Gasteiger partial charge in [0.25, 0.3) is 0 Å². The second kappa shape index (κ2) is 8.74. The monoisotopic (exact) mass is 309 g/mol. The zero-order chi connectivity index (χ0) is 15.1. The Morgan fingerprint density at radius 2 is 1.90 bits per heavy atom. The van der Waals surface area contributed by atoms with Crippen molar-refractivity contribution in [3.05, 3.63) is 10.6 Å². The molecule has 0 fully saturated rings. The Bertz CT molecular complexity index is 408. The van der Waals surface area contributed by atoms with Gasteiger partial charge in [0.2, 0.25) is 0 Å². The molecule has 1 N–H and O–H groups in total. The largest absolute Gasteiger partial charge is 0.348 e. The van der Waals surface area contributed by atoms with Gasteiger partial charge in [-0.15, -0.1) is 11.3 Å². The van der Waals surface area contributed by atoms with Crippen molar-refractivity contribution < 1.29 is 0 Å². The number of fused-ring (bicyclic) bond motifs is 1. The molecule has 4 heteroatoms. The molecule has 1 aromatic rings. The van der Waals surface area contributed by atoms with Crippen molar-refractivity contribution in [3.8, 4) is 0 Å². The van der Waals surface area contributed by atoms with Crippen LogP contribution in [-0.4, -0.2) is 24.6 Å². The van der Waals surface area contributed by atoms with Gasteiger partial charge in [0, 0.05) is 18.0 Å². The predicted octanol–water partition coefficient (Wildman–Crippen LogP) is 4.54. The maximum atomic E-state index is 5.04. The quantitative estimate of drug-likeness (QED) is 0.726. The fraction of sp³-hybridized carbons (Fsp3) is 0.824. The number of thiazole rings is 1. The van der Waals surface area contributed by atoms with Gasteiger partial charge in [-0.05, 0) is 38.6 Å². The molecule has 0 saturated carbocycles. The minimum Gasteiger partial charge on any atom is -0.348 e. The van der Waals surface area contributed by atoms with Crippen LogP contribution in [0.15, 0.2) is 0 Å². The summed E-state index contributed by atoms with van der Waals surface area (Å²) in [4.78, 5) is 9.09. The zero-order valence-corrected chi connectivity index (χ0v) is 14.8. The molecule has 0 spiro atoms. The van der Waals surface area contributed by atoms with Crippen molar-refractivity contribution in [2.24, 2.45) is 0 Å². The molecule has 21 heavy (non-hydrogen) atoms. The Kier molecular flexibility index (Phi) is 6.97. The summed E-state index contributed by atoms with van der Waals surface area (Å²) >= 11 is 1.95. The molecule has 2 rings (SSSR count). The van der Waals surface area contributed by atoms with Gasteiger partial charge in [-0.3, -0.25) is 0 Å². The van der Waals surface area contributed by atoms with Crippen molar-refractivity contribution in [1.29, 1.82) is 0 Å². The van der Waals surface area contributed by atoms with Crippen LogP contribution in [0.4, 0.5) is 5.13 Å². The Morgan fingerprint density at radius 1 is 1.19 bits per heavy atom. The first-order valence-electron chi connectivity index (χ1n) is 8.78. The minimum atomic E-state index is 0.489. The SMILES string of the molecule is CCCCN(CCCC)c1nc2c(s1)CCCC2NCC. The van der Waals surface area contributed by atoms with Crippen LogP contribution >= 0.6 is 11.3 Å². The number of nitrogens with one attached hydrogen (secondary N) is 1. The molecule has 1 aliphatic carbocycles. The van der Waals surface area contributed by atoms with E-state index in [2.05, 4.69) is 31.0 Å². The molecular weight excluding hydrogens is 278 g/mol. The smallest absolute Gasteiger partial charge is 0.185 e. The Labute approximate surface area is 134 Å². The normalized spacial score (nSPS) is 17.8. The van der Waals surface area contributed by atoms with E-state index in [0.717, 1.165) is 19.6 Å². The second-order valence-corrected chi connectivity index (χ2v) is 7.06. The van der Waals surface area contributed by atoms with Crippen molar-refractivity contribution in [1.82, 2.24) is 10.3 Å². The second-order valence-electron chi connectivity index (χ2n) is 6.00. The summed E-state index contributed by atoms with van der Waals surface area (Å²) < 4.78 is 0. The molecule has 1 unspecified atom stereocenters. The van der Waals surface area contributed by atoms with Gasteiger partial charge < -0.3 is 10.2 Å². The lowest BCUT2D eigenvalue weighted by Crippen LogP contribution is -2.26. The van der Waals surface area contributed by atoms with Gasteiger partial charge in [0.05, 0.1) is 11.7 Å². The van der Waals surface area contributed by atoms with E-state index >= 15 is 0 Å². The molecule has 0 radical (unpaired) electrons. The zero-order valence-electron chi connectivity index (χ0n) is 14.0. The van der Waals surface area contributed by atoms with E-state index in [1.807, 2.05) is 11.3 Å². The molecule has 1 atom stereocenters. The van der Waals surface area contributed by atoms with Crippen molar-refractivity contribution in [2.75, 3.05) is 24.5 Å². The summed E-state index contributed by atoms with van der Waals surface area (Å²) in [7, 11) is 0. The van der Waals surface area contributed by atoms with E-state index in [0.29, 0.717) is 6.04 Å². The number of hydrogen-bond acceptors (Lipinski definition) is 4. The van der Waals surface area contributed by atoms with Crippen LogP contribution in [0.1, 0.15) is 75.9 Å². The average Bonchev–Trinajstić information content (AvgIpc) is 2.93. The third kappa shape index (κ3) is 4.43. The molecule has 0 bridgehead atoms. The van der Waals surface area contributed by atoms with Gasteiger partial charge in [-0.25, -0.2) is 4.98 Å². The molecule has 1 heterocycles. The molecular formula is C17H31N3S. The maximum Gasteiger partial charge on any atom is 0.185 e. The molecule has 0 saturated heterocycles. The van der Waals surface area contributed by atoms with Crippen LogP contribution in [0, 0.1) is 0 Å². The third-order valence-corrected chi connectivity index (χ3v) is 5.42. The fourth-order valence-corrected chi connectivity index (χ4v) is 4.20. The van der Waals surface area contributed by atoms with Gasteiger partial charge in [0.1, 0.15) is 0 Å². The first kappa shape index (κ1) is 16.8. The van der Waals surface area contributed by atoms with Gasteiger partial charge in [-0.2, -0.15) is 0 Å². The summed E-state index contributed by atoms with van der Waals surface area (Å²) in [5, 5.41) is 4.88. The molecule has 0 aromatic carbocycles. The van der Waals surface area contributed by atoms with E-state index in [1.54, 1.807) is 0 Å². The van der Waals surface area contributed by atoms with E-state index in [-0.39, 0.29) is 0 Å². The molecule has 1 aromatic heterocycles. The minimum absolute atomic E-state index is 0.489. The summed E-state index contributed by atoms with van der Waals surface area (Å²) in [6, 6.07) is 0.489. The number of aromatic nitrogens is 1. The van der Waals surface area contributed by atoms with Gasteiger partial charge in [-0.1, -0.05) is 33.6 Å². The summed E-state index contributed by atoms with van der Waals surface area (Å²) in [6.45, 7) is 10.1. The van der Waals surface area contributed by atoms with Crippen molar-refractivity contribution >= 4 is 16.5 Å². The highest BCUT2D eigenvalue weighted by Crippen LogP contribution is 2.36. The van der Waals surface area contributed by atoms with Crippen LogP contribution in [0.25, 0.3) is 0 Å². The Morgan fingerprint density at radius 3 is 2.52 bits per heavy atom. The van der Waals surface area contributed by atoms with E-state index in [9.17, 15) is 0 Å². The topological polar surface area (TPSA) is 28.2 Å². The van der Waals surface area contributed by atoms with E-state index in [4.69, 9.17) is 4.98 Å². The first-order valence-corrected chi connectivity index (χ1v) is 9.59. The number of unbranched alkanes of at least 4 members (excludes halogenated alkanes) is 2. The fourth-order valence-electron chi connectivity index (χ4n) is 2.99. The van der Waals surface area contributed by atoms with Crippen LogP contribution in [-0.2, 0) is 6.42 Å². The lowest BCUT2D eigenvalue weighted by molar-refractivity contribution is 0.465. The highest BCUT2D eigenvalue weighted by Gasteiger charge is 2.25. The van der Waals surface area contributed by atoms with Crippen molar-refractivity contribution in [2.45, 2.75) is 71.8 Å². The molecule has 0 amide bonds. The molecule has 1 aliphatic rings. The van der Waals surface area contributed by atoms with Crippen LogP contribution in [0.3, 0.4) is 0 Å². The summed E-state index contributed by atoms with van der Waals surface area (Å²) in [5.41, 5.74) is 1.35. The van der Waals surface area contributed by atoms with Crippen LogP contribution in [0.5, 0.6) is 0 Å². The predicted molar refractivity (Wildman–Crippen MR) is 93.5 cm³/mol. The standard InChI is InChI=1S/C17H31N3S/c1-4-7-12-20(13-8-5-2)17-19-16-14(18-6-3)10-9-11-15(16)21-17/h14,18H,4-13H2,1-3H3. The van der Waals surface area contributed by atoms with Gasteiger partial charge in [0.15, 0.2) is 5.13 Å². The maximum absolute atomic E-state index is 5.04. The third-order valence-electron chi connectivity index (χ3n) is 4.23. The van der Waals surface area contributed by atoms with E-state index < -0.39 is 0 Å². The number of nitrogens with zero attached hydrogens (tertiary/aromatic N) is 2.